The normalized spacial score (nSPS) is 13.8. The molecule has 0 saturated carbocycles. The molecule has 2 N–H and O–H groups in total. The van der Waals surface area contributed by atoms with Gasteiger partial charge in [-0.3, -0.25) is 4.79 Å². The monoisotopic (exact) mass is 285 g/mol. The van der Waals surface area contributed by atoms with E-state index in [1.165, 1.54) is 6.07 Å². The molecule has 0 fully saturated rings. The number of anilines is 3. The molecular formula is C16H16FN3O. The molecule has 2 aromatic carbocycles. The van der Waals surface area contributed by atoms with Crippen molar-refractivity contribution in [3.8, 4) is 0 Å². The van der Waals surface area contributed by atoms with Gasteiger partial charge in [0.05, 0.1) is 11.4 Å². The molecule has 1 amide bonds. The first-order valence-electron chi connectivity index (χ1n) is 6.79. The number of para-hydroxylation sites is 2. The van der Waals surface area contributed by atoms with Crippen LogP contribution in [0.2, 0.25) is 0 Å². The number of amides is 1. The summed E-state index contributed by atoms with van der Waals surface area (Å²) in [7, 11) is 1.77. The summed E-state index contributed by atoms with van der Waals surface area (Å²) in [6.45, 7) is 0.583. The number of nitrogens with zero attached hydrogens (tertiary/aromatic N) is 1. The fraction of sp³-hybridized carbons (Fsp3) is 0.188. The second-order valence-electron chi connectivity index (χ2n) is 4.92. The van der Waals surface area contributed by atoms with E-state index in [1.807, 2.05) is 35.2 Å². The van der Waals surface area contributed by atoms with Crippen molar-refractivity contribution in [3.05, 3.63) is 53.8 Å². The third-order valence-electron chi connectivity index (χ3n) is 3.51. The van der Waals surface area contributed by atoms with E-state index in [-0.39, 0.29) is 18.3 Å². The summed E-state index contributed by atoms with van der Waals surface area (Å²) in [6.07, 6.45) is 0. The highest BCUT2D eigenvalue weighted by Gasteiger charge is 2.25. The molecule has 0 aromatic heterocycles. The number of halogens is 1. The summed E-state index contributed by atoms with van der Waals surface area (Å²) < 4.78 is 14.1. The average molecular weight is 285 g/mol. The predicted molar refractivity (Wildman–Crippen MR) is 81.2 cm³/mol. The molecule has 4 nitrogen and oxygen atoms in total. The van der Waals surface area contributed by atoms with Crippen molar-refractivity contribution in [2.24, 2.45) is 0 Å². The number of nitrogens with one attached hydrogen (secondary N) is 2. The van der Waals surface area contributed by atoms with Crippen molar-refractivity contribution in [1.29, 1.82) is 0 Å². The van der Waals surface area contributed by atoms with E-state index < -0.39 is 0 Å². The third kappa shape index (κ3) is 2.48. The highest BCUT2D eigenvalue weighted by atomic mass is 19.1. The van der Waals surface area contributed by atoms with Gasteiger partial charge in [-0.1, -0.05) is 18.2 Å². The van der Waals surface area contributed by atoms with E-state index in [2.05, 4.69) is 10.6 Å². The molecular weight excluding hydrogens is 269 g/mol. The van der Waals surface area contributed by atoms with Crippen LogP contribution in [-0.4, -0.2) is 19.5 Å². The second kappa shape index (κ2) is 5.54. The molecule has 21 heavy (non-hydrogen) atoms. The van der Waals surface area contributed by atoms with E-state index in [9.17, 15) is 9.18 Å². The lowest BCUT2D eigenvalue weighted by atomic mass is 10.1. The Kier molecular flexibility index (Phi) is 3.58. The lowest BCUT2D eigenvalue weighted by Crippen LogP contribution is -2.35. The van der Waals surface area contributed by atoms with E-state index in [0.29, 0.717) is 17.8 Å². The van der Waals surface area contributed by atoms with Gasteiger partial charge < -0.3 is 15.5 Å². The molecule has 108 valence electrons. The lowest BCUT2D eigenvalue weighted by molar-refractivity contribution is -0.115. The highest BCUT2D eigenvalue weighted by molar-refractivity contribution is 6.03. The number of rotatable bonds is 3. The lowest BCUT2D eigenvalue weighted by Gasteiger charge is -2.32. The Labute approximate surface area is 122 Å². The molecule has 3 rings (SSSR count). The van der Waals surface area contributed by atoms with Gasteiger partial charge in [0.25, 0.3) is 0 Å². The van der Waals surface area contributed by atoms with Gasteiger partial charge in [0.2, 0.25) is 5.91 Å². The smallest absolute Gasteiger partial charge is 0.244 e. The van der Waals surface area contributed by atoms with Crippen LogP contribution in [0.3, 0.4) is 0 Å². The van der Waals surface area contributed by atoms with Gasteiger partial charge in [-0.2, -0.15) is 0 Å². The van der Waals surface area contributed by atoms with Crippen molar-refractivity contribution in [2.45, 2.75) is 6.54 Å². The van der Waals surface area contributed by atoms with E-state index in [0.717, 1.165) is 11.4 Å². The SMILES string of the molecule is CNCc1c(F)cccc1N1CC(=O)Nc2ccccc21. The first-order valence-corrected chi connectivity index (χ1v) is 6.79. The Bertz CT molecular complexity index is 687. The zero-order valence-corrected chi connectivity index (χ0v) is 11.7. The van der Waals surface area contributed by atoms with Crippen LogP contribution in [0.1, 0.15) is 5.56 Å². The van der Waals surface area contributed by atoms with Crippen molar-refractivity contribution in [3.63, 3.8) is 0 Å². The Hall–Kier alpha value is -2.40. The molecule has 0 aliphatic carbocycles. The summed E-state index contributed by atoms with van der Waals surface area (Å²) >= 11 is 0. The standard InChI is InChI=1S/C16H16FN3O/c1-18-9-11-12(17)5-4-8-14(11)20-10-16(21)19-13-6-2-3-7-15(13)20/h2-8,18H,9-10H2,1H3,(H,19,21). The number of carbonyl (C=O) groups excluding carboxylic acids is 1. The zero-order chi connectivity index (χ0) is 14.8. The molecule has 0 spiro atoms. The second-order valence-corrected chi connectivity index (χ2v) is 4.92. The van der Waals surface area contributed by atoms with Gasteiger partial charge >= 0.3 is 0 Å². The molecule has 2 aromatic rings. The Balaban J connectivity index is 2.13. The van der Waals surface area contributed by atoms with Gasteiger partial charge in [-0.15, -0.1) is 0 Å². The van der Waals surface area contributed by atoms with Crippen molar-refractivity contribution < 1.29 is 9.18 Å². The van der Waals surface area contributed by atoms with Crippen LogP contribution < -0.4 is 15.5 Å². The largest absolute Gasteiger partial charge is 0.330 e. The summed E-state index contributed by atoms with van der Waals surface area (Å²) in [5.41, 5.74) is 2.89. The summed E-state index contributed by atoms with van der Waals surface area (Å²) in [4.78, 5) is 13.8. The van der Waals surface area contributed by atoms with E-state index >= 15 is 0 Å². The highest BCUT2D eigenvalue weighted by Crippen LogP contribution is 2.36. The van der Waals surface area contributed by atoms with Gasteiger partial charge in [0.1, 0.15) is 12.4 Å². The maximum absolute atomic E-state index is 14.1. The minimum Gasteiger partial charge on any atom is -0.330 e. The van der Waals surface area contributed by atoms with Crippen molar-refractivity contribution in [2.75, 3.05) is 23.8 Å². The first kappa shape index (κ1) is 13.6. The minimum atomic E-state index is -0.273. The number of carbonyl (C=O) groups is 1. The quantitative estimate of drug-likeness (QED) is 0.911. The minimum absolute atomic E-state index is 0.103. The van der Waals surface area contributed by atoms with Crippen LogP contribution in [0.15, 0.2) is 42.5 Å². The maximum atomic E-state index is 14.1. The van der Waals surface area contributed by atoms with Gasteiger partial charge in [-0.25, -0.2) is 4.39 Å². The Morgan fingerprint density at radius 2 is 1.95 bits per heavy atom. The Morgan fingerprint density at radius 3 is 2.76 bits per heavy atom. The summed E-state index contributed by atoms with van der Waals surface area (Å²) in [5, 5.41) is 5.81. The fourth-order valence-corrected chi connectivity index (χ4v) is 2.60. The van der Waals surface area contributed by atoms with Crippen LogP contribution in [0, 0.1) is 5.82 Å². The molecule has 0 saturated heterocycles. The van der Waals surface area contributed by atoms with E-state index in [1.54, 1.807) is 13.1 Å². The maximum Gasteiger partial charge on any atom is 0.244 e. The number of benzene rings is 2. The van der Waals surface area contributed by atoms with Crippen LogP contribution in [0.4, 0.5) is 21.5 Å². The van der Waals surface area contributed by atoms with Crippen LogP contribution >= 0.6 is 0 Å². The first-order chi connectivity index (χ1) is 10.2. The van der Waals surface area contributed by atoms with Crippen LogP contribution in [0.25, 0.3) is 0 Å². The number of hydrogen-bond acceptors (Lipinski definition) is 3. The van der Waals surface area contributed by atoms with Crippen LogP contribution in [0.5, 0.6) is 0 Å². The zero-order valence-electron chi connectivity index (χ0n) is 11.7. The molecule has 5 heteroatoms. The summed E-state index contributed by atoms with van der Waals surface area (Å²) in [5.74, 6) is -0.376. The van der Waals surface area contributed by atoms with Crippen molar-refractivity contribution >= 4 is 23.0 Å². The van der Waals surface area contributed by atoms with E-state index in [4.69, 9.17) is 0 Å². The van der Waals surface area contributed by atoms with Gasteiger partial charge in [-0.05, 0) is 31.3 Å². The summed E-state index contributed by atoms with van der Waals surface area (Å²) in [6, 6.07) is 12.5. The molecule has 0 bridgehead atoms. The van der Waals surface area contributed by atoms with Crippen molar-refractivity contribution in [1.82, 2.24) is 5.32 Å². The predicted octanol–water partition coefficient (Wildman–Crippen LogP) is 2.64. The number of hydrogen-bond donors (Lipinski definition) is 2. The molecule has 1 heterocycles. The molecule has 0 atom stereocenters. The molecule has 1 aliphatic rings. The Morgan fingerprint density at radius 1 is 1.19 bits per heavy atom. The molecule has 0 radical (unpaired) electrons. The van der Waals surface area contributed by atoms with Gasteiger partial charge in [0.15, 0.2) is 0 Å². The topological polar surface area (TPSA) is 44.4 Å². The van der Waals surface area contributed by atoms with Crippen LogP contribution in [-0.2, 0) is 11.3 Å². The number of fused-ring (bicyclic) bond motifs is 1. The third-order valence-corrected chi connectivity index (χ3v) is 3.51. The molecule has 1 aliphatic heterocycles. The fourth-order valence-electron chi connectivity index (χ4n) is 2.60. The average Bonchev–Trinajstić information content (AvgIpc) is 2.48. The van der Waals surface area contributed by atoms with Gasteiger partial charge in [0, 0.05) is 17.8 Å². The molecule has 0 unspecified atom stereocenters.